The van der Waals surface area contributed by atoms with Crippen molar-refractivity contribution in [1.82, 2.24) is 4.98 Å². The summed E-state index contributed by atoms with van der Waals surface area (Å²) >= 11 is 6.92. The molecule has 146 valence electrons. The van der Waals surface area contributed by atoms with Crippen LogP contribution in [0, 0.1) is 0 Å². The lowest BCUT2D eigenvalue weighted by Crippen LogP contribution is -2.12. The number of benzene rings is 2. The highest BCUT2D eigenvalue weighted by molar-refractivity contribution is 7.93. The van der Waals surface area contributed by atoms with E-state index in [0.717, 1.165) is 16.9 Å². The van der Waals surface area contributed by atoms with E-state index in [9.17, 15) is 13.2 Å². The van der Waals surface area contributed by atoms with Gasteiger partial charge in [0.2, 0.25) is 0 Å². The first-order valence-electron chi connectivity index (χ1n) is 8.38. The van der Waals surface area contributed by atoms with E-state index < -0.39 is 16.0 Å². The molecule has 0 unspecified atom stereocenters. The minimum absolute atomic E-state index is 0.0123. The Morgan fingerprint density at radius 1 is 1.14 bits per heavy atom. The van der Waals surface area contributed by atoms with Crippen LogP contribution in [0.3, 0.4) is 0 Å². The summed E-state index contributed by atoms with van der Waals surface area (Å²) < 4.78 is 32.7. The van der Waals surface area contributed by atoms with Crippen molar-refractivity contribution >= 4 is 44.1 Å². The molecule has 6 nitrogen and oxygen atoms in total. The first-order chi connectivity index (χ1) is 13.4. The number of carbonyl (C=O) groups excluding carboxylic acids is 1. The average Bonchev–Trinajstić information content (AvgIpc) is 3.04. The van der Waals surface area contributed by atoms with Crippen LogP contribution in [-0.2, 0) is 26.0 Å². The fourth-order valence-corrected chi connectivity index (χ4v) is 4.80. The normalized spacial score (nSPS) is 11.2. The van der Waals surface area contributed by atoms with E-state index in [-0.39, 0.29) is 23.1 Å². The van der Waals surface area contributed by atoms with Gasteiger partial charge >= 0.3 is 5.97 Å². The number of sulfonamides is 1. The number of carbonyl (C=O) groups is 1. The SMILES string of the molecule is CCOC(=O)Cc1sc(NS(=O)(=O)c2ccc(Cl)cc2)nc1-c1ccccc1. The third-order valence-electron chi connectivity index (χ3n) is 3.70. The Labute approximate surface area is 172 Å². The number of esters is 1. The number of nitrogens with zero attached hydrogens (tertiary/aromatic N) is 1. The van der Waals surface area contributed by atoms with E-state index in [0.29, 0.717) is 15.6 Å². The van der Waals surface area contributed by atoms with Gasteiger partial charge < -0.3 is 4.74 Å². The molecule has 1 aromatic heterocycles. The van der Waals surface area contributed by atoms with E-state index >= 15 is 0 Å². The molecule has 0 amide bonds. The molecule has 1 heterocycles. The molecule has 0 fully saturated rings. The number of ether oxygens (including phenoxy) is 1. The summed E-state index contributed by atoms with van der Waals surface area (Å²) in [5.41, 5.74) is 1.34. The Kier molecular flexibility index (Phi) is 6.33. The number of aromatic nitrogens is 1. The number of anilines is 1. The molecule has 0 aliphatic heterocycles. The second kappa shape index (κ2) is 8.72. The van der Waals surface area contributed by atoms with Gasteiger partial charge in [0.15, 0.2) is 5.13 Å². The largest absolute Gasteiger partial charge is 0.466 e. The van der Waals surface area contributed by atoms with Crippen molar-refractivity contribution in [3.8, 4) is 11.3 Å². The maximum Gasteiger partial charge on any atom is 0.311 e. The summed E-state index contributed by atoms with van der Waals surface area (Å²) in [6.07, 6.45) is 0.0123. The number of thiazole rings is 1. The summed E-state index contributed by atoms with van der Waals surface area (Å²) in [4.78, 5) is 17.1. The average molecular weight is 437 g/mol. The standard InChI is InChI=1S/C19H17ClN2O4S2/c1-2-26-17(23)12-16-18(13-6-4-3-5-7-13)21-19(27-16)22-28(24,25)15-10-8-14(20)9-11-15/h3-11H,2,12H2,1H3,(H,21,22). The molecule has 3 rings (SSSR count). The molecule has 0 aliphatic carbocycles. The molecule has 2 aromatic carbocycles. The highest BCUT2D eigenvalue weighted by Gasteiger charge is 2.21. The van der Waals surface area contributed by atoms with Crippen LogP contribution in [0.4, 0.5) is 5.13 Å². The van der Waals surface area contributed by atoms with E-state index in [2.05, 4.69) is 9.71 Å². The minimum atomic E-state index is -3.83. The topological polar surface area (TPSA) is 85.4 Å². The number of rotatable bonds is 7. The summed E-state index contributed by atoms with van der Waals surface area (Å²) in [6.45, 7) is 2.00. The molecule has 0 aliphatic rings. The van der Waals surface area contributed by atoms with Gasteiger partial charge in [0.25, 0.3) is 10.0 Å². The summed E-state index contributed by atoms with van der Waals surface area (Å²) in [7, 11) is -3.83. The predicted octanol–water partition coefficient (Wildman–Crippen LogP) is 4.37. The summed E-state index contributed by atoms with van der Waals surface area (Å²) in [6, 6.07) is 15.1. The van der Waals surface area contributed by atoms with Gasteiger partial charge in [-0.15, -0.1) is 0 Å². The zero-order chi connectivity index (χ0) is 20.1. The van der Waals surface area contributed by atoms with Crippen LogP contribution in [-0.4, -0.2) is 26.0 Å². The van der Waals surface area contributed by atoms with Crippen molar-refractivity contribution in [3.05, 3.63) is 64.5 Å². The molecule has 0 spiro atoms. The van der Waals surface area contributed by atoms with Crippen molar-refractivity contribution in [2.24, 2.45) is 0 Å². The molecule has 3 aromatic rings. The van der Waals surface area contributed by atoms with Crippen LogP contribution in [0.15, 0.2) is 59.5 Å². The molecular weight excluding hydrogens is 420 g/mol. The molecular formula is C19H17ClN2O4S2. The van der Waals surface area contributed by atoms with Gasteiger partial charge in [0, 0.05) is 15.5 Å². The number of halogens is 1. The highest BCUT2D eigenvalue weighted by atomic mass is 35.5. The molecule has 9 heteroatoms. The molecule has 0 radical (unpaired) electrons. The Hall–Kier alpha value is -2.42. The van der Waals surface area contributed by atoms with Gasteiger partial charge in [-0.2, -0.15) is 0 Å². The van der Waals surface area contributed by atoms with Crippen LogP contribution in [0.25, 0.3) is 11.3 Å². The van der Waals surface area contributed by atoms with Crippen LogP contribution in [0.1, 0.15) is 11.8 Å². The van der Waals surface area contributed by atoms with Crippen molar-refractivity contribution < 1.29 is 17.9 Å². The molecule has 0 saturated carbocycles. The van der Waals surface area contributed by atoms with Gasteiger partial charge in [-0.25, -0.2) is 13.4 Å². The van der Waals surface area contributed by atoms with Crippen LogP contribution in [0.2, 0.25) is 5.02 Å². The summed E-state index contributed by atoms with van der Waals surface area (Å²) in [5.74, 6) is -0.393. The lowest BCUT2D eigenvalue weighted by atomic mass is 10.1. The monoisotopic (exact) mass is 436 g/mol. The van der Waals surface area contributed by atoms with Crippen molar-refractivity contribution in [1.29, 1.82) is 0 Å². The number of nitrogens with one attached hydrogen (secondary N) is 1. The van der Waals surface area contributed by atoms with Crippen LogP contribution < -0.4 is 4.72 Å². The molecule has 28 heavy (non-hydrogen) atoms. The molecule has 0 atom stereocenters. The predicted molar refractivity (Wildman–Crippen MR) is 110 cm³/mol. The van der Waals surface area contributed by atoms with E-state index in [4.69, 9.17) is 16.3 Å². The molecule has 1 N–H and O–H groups in total. The maximum absolute atomic E-state index is 12.6. The second-order valence-corrected chi connectivity index (χ2v) is 8.90. The maximum atomic E-state index is 12.6. The number of hydrogen-bond donors (Lipinski definition) is 1. The second-order valence-electron chi connectivity index (χ2n) is 5.70. The number of hydrogen-bond acceptors (Lipinski definition) is 6. The molecule has 0 bridgehead atoms. The van der Waals surface area contributed by atoms with Gasteiger partial charge in [-0.05, 0) is 31.2 Å². The molecule has 0 saturated heterocycles. The lowest BCUT2D eigenvalue weighted by Gasteiger charge is -2.04. The van der Waals surface area contributed by atoms with E-state index in [1.807, 2.05) is 30.3 Å². The Morgan fingerprint density at radius 2 is 1.82 bits per heavy atom. The first kappa shape index (κ1) is 20.3. The fourth-order valence-electron chi connectivity index (χ4n) is 2.47. The van der Waals surface area contributed by atoms with Crippen molar-refractivity contribution in [3.63, 3.8) is 0 Å². The first-order valence-corrected chi connectivity index (χ1v) is 11.1. The Bertz CT molecular complexity index is 1070. The van der Waals surface area contributed by atoms with Crippen molar-refractivity contribution in [2.75, 3.05) is 11.3 Å². The third kappa shape index (κ3) is 4.89. The van der Waals surface area contributed by atoms with E-state index in [1.165, 1.54) is 24.3 Å². The lowest BCUT2D eigenvalue weighted by molar-refractivity contribution is -0.142. The smallest absolute Gasteiger partial charge is 0.311 e. The van der Waals surface area contributed by atoms with Gasteiger partial charge in [-0.1, -0.05) is 53.3 Å². The van der Waals surface area contributed by atoms with Crippen molar-refractivity contribution in [2.45, 2.75) is 18.2 Å². The highest BCUT2D eigenvalue weighted by Crippen LogP contribution is 2.33. The Morgan fingerprint density at radius 3 is 2.46 bits per heavy atom. The Balaban J connectivity index is 1.94. The quantitative estimate of drug-likeness (QED) is 0.556. The zero-order valence-corrected chi connectivity index (χ0v) is 17.3. The van der Waals surface area contributed by atoms with E-state index in [1.54, 1.807) is 6.92 Å². The van der Waals surface area contributed by atoms with Crippen LogP contribution in [0.5, 0.6) is 0 Å². The zero-order valence-electron chi connectivity index (χ0n) is 14.9. The van der Waals surface area contributed by atoms with Crippen LogP contribution >= 0.6 is 22.9 Å². The fraction of sp³-hybridized carbons (Fsp3) is 0.158. The summed E-state index contributed by atoms with van der Waals surface area (Å²) in [5, 5.41) is 0.615. The van der Waals surface area contributed by atoms with Gasteiger partial charge in [0.1, 0.15) is 0 Å². The minimum Gasteiger partial charge on any atom is -0.466 e. The van der Waals surface area contributed by atoms with Gasteiger partial charge in [-0.3, -0.25) is 9.52 Å². The van der Waals surface area contributed by atoms with Gasteiger partial charge in [0.05, 0.1) is 23.6 Å². The third-order valence-corrected chi connectivity index (χ3v) is 6.41.